The molecule has 0 radical (unpaired) electrons. The number of alkyl carbamates (subject to hydrolysis) is 1. The lowest BCUT2D eigenvalue weighted by atomic mass is 9.80. The molecule has 1 aliphatic carbocycles. The molecule has 0 atom stereocenters. The molecule has 1 N–H and O–H groups in total. The van der Waals surface area contributed by atoms with Gasteiger partial charge in [-0.05, 0) is 52.4 Å². The summed E-state index contributed by atoms with van der Waals surface area (Å²) in [5.74, 6) is 1.04. The molecule has 0 bridgehead atoms. The summed E-state index contributed by atoms with van der Waals surface area (Å²) in [5.41, 5.74) is 0. The largest absolute Gasteiger partial charge is 0.447 e. The van der Waals surface area contributed by atoms with Crippen molar-refractivity contribution in [1.29, 1.82) is 0 Å². The van der Waals surface area contributed by atoms with Gasteiger partial charge in [0.05, 0.1) is 6.10 Å². The maximum atomic E-state index is 11.3. The molecule has 0 unspecified atom stereocenters. The van der Waals surface area contributed by atoms with Crippen molar-refractivity contribution in [2.45, 2.75) is 52.6 Å². The number of ether oxygens (including phenoxy) is 1. The summed E-state index contributed by atoms with van der Waals surface area (Å²) >= 11 is 0. The number of Topliss-reactive ketones (excluding diaryl/α,β-unsaturated/α-hetero) is 1. The molecule has 0 aromatic heterocycles. The minimum Gasteiger partial charge on any atom is -0.447 e. The lowest BCUT2D eigenvalue weighted by molar-refractivity contribution is -0.121. The van der Waals surface area contributed by atoms with Gasteiger partial charge in [-0.3, -0.25) is 4.79 Å². The zero-order valence-electron chi connectivity index (χ0n) is 11.0. The van der Waals surface area contributed by atoms with Gasteiger partial charge < -0.3 is 10.1 Å². The second kappa shape index (κ2) is 6.62. The summed E-state index contributed by atoms with van der Waals surface area (Å²) in [4.78, 5) is 22.5. The molecule has 1 aliphatic rings. The standard InChI is InChI=1S/C13H23NO3/c1-9(2)17-13(16)14-8-11-4-6-12(7-5-11)10(3)15/h9,11-12H,4-8H2,1-3H3,(H,14,16). The van der Waals surface area contributed by atoms with Crippen molar-refractivity contribution in [2.24, 2.45) is 11.8 Å². The summed E-state index contributed by atoms with van der Waals surface area (Å²) in [7, 11) is 0. The van der Waals surface area contributed by atoms with Crippen LogP contribution < -0.4 is 5.32 Å². The van der Waals surface area contributed by atoms with Crippen molar-refractivity contribution >= 4 is 11.9 Å². The molecular weight excluding hydrogens is 218 g/mol. The van der Waals surface area contributed by atoms with E-state index in [1.54, 1.807) is 6.92 Å². The van der Waals surface area contributed by atoms with E-state index in [2.05, 4.69) is 5.32 Å². The number of amides is 1. The normalized spacial score (nSPS) is 24.5. The first-order valence-electron chi connectivity index (χ1n) is 6.44. The van der Waals surface area contributed by atoms with Crippen molar-refractivity contribution < 1.29 is 14.3 Å². The molecule has 0 aromatic carbocycles. The Morgan fingerprint density at radius 2 is 1.82 bits per heavy atom. The van der Waals surface area contributed by atoms with Gasteiger partial charge in [0.15, 0.2) is 0 Å². The summed E-state index contributed by atoms with van der Waals surface area (Å²) in [5, 5.41) is 2.78. The zero-order valence-corrected chi connectivity index (χ0v) is 11.0. The molecule has 0 saturated heterocycles. The highest BCUT2D eigenvalue weighted by atomic mass is 16.6. The number of hydrogen-bond acceptors (Lipinski definition) is 3. The van der Waals surface area contributed by atoms with E-state index in [-0.39, 0.29) is 18.1 Å². The van der Waals surface area contributed by atoms with Gasteiger partial charge >= 0.3 is 6.09 Å². The minimum atomic E-state index is -0.339. The number of rotatable bonds is 4. The van der Waals surface area contributed by atoms with E-state index < -0.39 is 0 Å². The van der Waals surface area contributed by atoms with Crippen LogP contribution in [-0.4, -0.2) is 24.5 Å². The molecule has 0 aromatic rings. The van der Waals surface area contributed by atoms with E-state index in [0.717, 1.165) is 25.7 Å². The topological polar surface area (TPSA) is 55.4 Å². The van der Waals surface area contributed by atoms with E-state index in [4.69, 9.17) is 4.74 Å². The Kier molecular flexibility index (Phi) is 5.45. The van der Waals surface area contributed by atoms with E-state index in [0.29, 0.717) is 18.2 Å². The summed E-state index contributed by atoms with van der Waals surface area (Å²) < 4.78 is 5.00. The predicted molar refractivity (Wildman–Crippen MR) is 65.7 cm³/mol. The molecule has 17 heavy (non-hydrogen) atoms. The molecule has 0 spiro atoms. The van der Waals surface area contributed by atoms with Gasteiger partial charge in [0.1, 0.15) is 5.78 Å². The van der Waals surface area contributed by atoms with E-state index in [9.17, 15) is 9.59 Å². The van der Waals surface area contributed by atoms with Crippen molar-refractivity contribution in [3.8, 4) is 0 Å². The average molecular weight is 241 g/mol. The quantitative estimate of drug-likeness (QED) is 0.822. The van der Waals surface area contributed by atoms with Gasteiger partial charge in [0.2, 0.25) is 0 Å². The number of hydrogen-bond donors (Lipinski definition) is 1. The van der Waals surface area contributed by atoms with Gasteiger partial charge in [-0.2, -0.15) is 0 Å². The first kappa shape index (κ1) is 14.0. The fourth-order valence-electron chi connectivity index (χ4n) is 2.26. The molecule has 98 valence electrons. The summed E-state index contributed by atoms with van der Waals surface area (Å²) in [6.45, 7) is 5.99. The van der Waals surface area contributed by atoms with Gasteiger partial charge in [0, 0.05) is 12.5 Å². The Morgan fingerprint density at radius 3 is 2.29 bits per heavy atom. The average Bonchev–Trinajstić information content (AvgIpc) is 2.26. The van der Waals surface area contributed by atoms with Crippen LogP contribution in [0.1, 0.15) is 46.5 Å². The van der Waals surface area contributed by atoms with E-state index >= 15 is 0 Å². The van der Waals surface area contributed by atoms with Crippen LogP contribution in [0.2, 0.25) is 0 Å². The molecule has 0 aliphatic heterocycles. The Bertz CT molecular complexity index is 268. The van der Waals surface area contributed by atoms with Crippen LogP contribution in [0.15, 0.2) is 0 Å². The fourth-order valence-corrected chi connectivity index (χ4v) is 2.26. The third-order valence-electron chi connectivity index (χ3n) is 3.30. The van der Waals surface area contributed by atoms with Crippen molar-refractivity contribution in [3.63, 3.8) is 0 Å². The Morgan fingerprint density at radius 1 is 1.24 bits per heavy atom. The number of ketones is 1. The maximum Gasteiger partial charge on any atom is 0.407 e. The lowest BCUT2D eigenvalue weighted by Crippen LogP contribution is -2.33. The first-order chi connectivity index (χ1) is 7.99. The fraction of sp³-hybridized carbons (Fsp3) is 0.846. The van der Waals surface area contributed by atoms with Crippen molar-refractivity contribution in [3.05, 3.63) is 0 Å². The molecule has 4 nitrogen and oxygen atoms in total. The van der Waals surface area contributed by atoms with Gasteiger partial charge in [-0.25, -0.2) is 4.79 Å². The van der Waals surface area contributed by atoms with Crippen LogP contribution in [0, 0.1) is 11.8 Å². The molecular formula is C13H23NO3. The van der Waals surface area contributed by atoms with E-state index in [1.165, 1.54) is 0 Å². The monoisotopic (exact) mass is 241 g/mol. The third-order valence-corrected chi connectivity index (χ3v) is 3.30. The number of carbonyl (C=O) groups excluding carboxylic acids is 2. The van der Waals surface area contributed by atoms with Crippen LogP contribution in [0.5, 0.6) is 0 Å². The smallest absolute Gasteiger partial charge is 0.407 e. The molecule has 1 rings (SSSR count). The van der Waals surface area contributed by atoms with Crippen molar-refractivity contribution in [1.82, 2.24) is 5.32 Å². The minimum absolute atomic E-state index is 0.0801. The van der Waals surface area contributed by atoms with Crippen LogP contribution >= 0.6 is 0 Å². The van der Waals surface area contributed by atoms with Crippen LogP contribution in [-0.2, 0) is 9.53 Å². The summed E-state index contributed by atoms with van der Waals surface area (Å²) in [6.07, 6.45) is 3.54. The van der Waals surface area contributed by atoms with Gasteiger partial charge in [0.25, 0.3) is 0 Å². The van der Waals surface area contributed by atoms with Gasteiger partial charge in [-0.1, -0.05) is 0 Å². The molecule has 0 heterocycles. The highest BCUT2D eigenvalue weighted by Gasteiger charge is 2.24. The number of nitrogens with one attached hydrogen (secondary N) is 1. The zero-order chi connectivity index (χ0) is 12.8. The molecule has 1 amide bonds. The van der Waals surface area contributed by atoms with Crippen LogP contribution in [0.3, 0.4) is 0 Å². The molecule has 4 heteroatoms. The first-order valence-corrected chi connectivity index (χ1v) is 6.44. The van der Waals surface area contributed by atoms with Crippen molar-refractivity contribution in [2.75, 3.05) is 6.54 Å². The molecule has 1 saturated carbocycles. The maximum absolute atomic E-state index is 11.3. The Hall–Kier alpha value is -1.06. The second-order valence-electron chi connectivity index (χ2n) is 5.16. The highest BCUT2D eigenvalue weighted by Crippen LogP contribution is 2.28. The van der Waals surface area contributed by atoms with Crippen LogP contribution in [0.4, 0.5) is 4.79 Å². The number of carbonyl (C=O) groups is 2. The van der Waals surface area contributed by atoms with E-state index in [1.807, 2.05) is 13.8 Å². The SMILES string of the molecule is CC(=O)C1CCC(CNC(=O)OC(C)C)CC1. The highest BCUT2D eigenvalue weighted by molar-refractivity contribution is 5.78. The molecule has 1 fully saturated rings. The van der Waals surface area contributed by atoms with Crippen LogP contribution in [0.25, 0.3) is 0 Å². The predicted octanol–water partition coefficient (Wildman–Crippen LogP) is 2.52. The lowest BCUT2D eigenvalue weighted by Gasteiger charge is -2.27. The Balaban J connectivity index is 2.18. The Labute approximate surface area is 103 Å². The van der Waals surface area contributed by atoms with Gasteiger partial charge in [-0.15, -0.1) is 0 Å². The second-order valence-corrected chi connectivity index (χ2v) is 5.16. The summed E-state index contributed by atoms with van der Waals surface area (Å²) in [6, 6.07) is 0. The third kappa shape index (κ3) is 5.20.